The number of rotatable bonds is 3. The monoisotopic (exact) mass is 317 g/mol. The molecule has 1 saturated carbocycles. The molecule has 2 fully saturated rings. The molecule has 1 aliphatic carbocycles. The Bertz CT molecular complexity index is 576. The Balaban J connectivity index is 1.46. The van der Waals surface area contributed by atoms with E-state index in [0.29, 0.717) is 11.0 Å². The Morgan fingerprint density at radius 1 is 0.957 bits per heavy atom. The maximum Gasteiger partial charge on any atom is 0.534 e. The van der Waals surface area contributed by atoms with Gasteiger partial charge in [-0.15, -0.1) is 0 Å². The number of hydrogen-bond donors (Lipinski definition) is 0. The summed E-state index contributed by atoms with van der Waals surface area (Å²) in [6.45, 7) is 0. The predicted octanol–water partition coefficient (Wildman–Crippen LogP) is 2.93. The summed E-state index contributed by atoms with van der Waals surface area (Å²) in [5.74, 6) is -0.520. The van der Waals surface area contributed by atoms with Crippen molar-refractivity contribution in [3.63, 3.8) is 0 Å². The standard InChI is InChI=1S/C17H19NO5/c19-15-10-11-16(20)18(15)23-17(21)22-14-8-6-13(7-9-14)12-4-2-1-3-5-12/h1-5,13-14H,6-11H2/t13-,14+. The van der Waals surface area contributed by atoms with Crippen molar-refractivity contribution in [1.82, 2.24) is 5.06 Å². The number of ether oxygens (including phenoxy) is 1. The van der Waals surface area contributed by atoms with E-state index in [-0.39, 0.29) is 18.9 Å². The SMILES string of the molecule is O=C(ON1C(=O)CCC1=O)O[C@H]1CC[C@@H](c2ccccc2)CC1. The van der Waals surface area contributed by atoms with Crippen molar-refractivity contribution < 1.29 is 24.0 Å². The smallest absolute Gasteiger partial charge is 0.429 e. The van der Waals surface area contributed by atoms with E-state index < -0.39 is 18.0 Å². The molecule has 0 spiro atoms. The van der Waals surface area contributed by atoms with Crippen LogP contribution in [-0.4, -0.2) is 29.1 Å². The van der Waals surface area contributed by atoms with Crippen molar-refractivity contribution in [3.05, 3.63) is 35.9 Å². The molecule has 23 heavy (non-hydrogen) atoms. The Kier molecular flexibility index (Phi) is 4.60. The van der Waals surface area contributed by atoms with Crippen LogP contribution < -0.4 is 0 Å². The lowest BCUT2D eigenvalue weighted by Crippen LogP contribution is -2.34. The average molecular weight is 317 g/mol. The molecule has 1 aromatic carbocycles. The number of benzene rings is 1. The van der Waals surface area contributed by atoms with Crippen LogP contribution in [0.1, 0.15) is 50.0 Å². The van der Waals surface area contributed by atoms with Gasteiger partial charge in [0.15, 0.2) is 0 Å². The van der Waals surface area contributed by atoms with Crippen molar-refractivity contribution in [2.45, 2.75) is 50.5 Å². The number of hydroxylamine groups is 2. The molecule has 0 bridgehead atoms. The minimum absolute atomic E-state index is 0.0777. The number of carbonyl (C=O) groups is 3. The first-order chi connectivity index (χ1) is 11.1. The summed E-state index contributed by atoms with van der Waals surface area (Å²) in [5.41, 5.74) is 1.31. The maximum absolute atomic E-state index is 11.7. The molecule has 2 amide bonds. The maximum atomic E-state index is 11.7. The number of carbonyl (C=O) groups excluding carboxylic acids is 3. The molecule has 0 N–H and O–H groups in total. The second-order valence-corrected chi connectivity index (χ2v) is 5.93. The highest BCUT2D eigenvalue weighted by molar-refractivity contribution is 6.01. The number of hydrogen-bond acceptors (Lipinski definition) is 5. The van der Waals surface area contributed by atoms with E-state index in [1.165, 1.54) is 5.56 Å². The van der Waals surface area contributed by atoms with Crippen LogP contribution in [0.5, 0.6) is 0 Å². The Morgan fingerprint density at radius 3 is 2.17 bits per heavy atom. The molecule has 3 rings (SSSR count). The van der Waals surface area contributed by atoms with Gasteiger partial charge in [-0.3, -0.25) is 14.4 Å². The zero-order valence-corrected chi connectivity index (χ0v) is 12.8. The average Bonchev–Trinajstić information content (AvgIpc) is 2.88. The highest BCUT2D eigenvalue weighted by Crippen LogP contribution is 2.34. The van der Waals surface area contributed by atoms with Gasteiger partial charge in [0.25, 0.3) is 11.8 Å². The first-order valence-electron chi connectivity index (χ1n) is 7.93. The van der Waals surface area contributed by atoms with Crippen molar-refractivity contribution in [1.29, 1.82) is 0 Å². The molecule has 1 saturated heterocycles. The summed E-state index contributed by atoms with van der Waals surface area (Å²) in [7, 11) is 0. The molecule has 0 aromatic heterocycles. The first-order valence-corrected chi connectivity index (χ1v) is 7.93. The molecule has 0 radical (unpaired) electrons. The fourth-order valence-electron chi connectivity index (χ4n) is 3.13. The second-order valence-electron chi connectivity index (χ2n) is 5.93. The number of amides is 2. The van der Waals surface area contributed by atoms with Crippen molar-refractivity contribution >= 4 is 18.0 Å². The summed E-state index contributed by atoms with van der Waals surface area (Å²) in [4.78, 5) is 39.2. The van der Waals surface area contributed by atoms with E-state index in [2.05, 4.69) is 12.1 Å². The highest BCUT2D eigenvalue weighted by atomic mass is 16.8. The van der Waals surface area contributed by atoms with Gasteiger partial charge in [-0.25, -0.2) is 4.79 Å². The van der Waals surface area contributed by atoms with Crippen LogP contribution in [0.2, 0.25) is 0 Å². The Hall–Kier alpha value is -2.37. The topological polar surface area (TPSA) is 72.9 Å². The molecule has 6 heteroatoms. The van der Waals surface area contributed by atoms with Gasteiger partial charge in [-0.1, -0.05) is 35.4 Å². The van der Waals surface area contributed by atoms with E-state index in [0.717, 1.165) is 25.7 Å². The third-order valence-electron chi connectivity index (χ3n) is 4.38. The van der Waals surface area contributed by atoms with Gasteiger partial charge in [-0.05, 0) is 37.2 Å². The van der Waals surface area contributed by atoms with E-state index in [9.17, 15) is 14.4 Å². The minimum atomic E-state index is -0.975. The number of nitrogens with zero attached hydrogens (tertiary/aromatic N) is 1. The van der Waals surface area contributed by atoms with E-state index in [1.807, 2.05) is 18.2 Å². The summed E-state index contributed by atoms with van der Waals surface area (Å²) in [5, 5.41) is 0.512. The van der Waals surface area contributed by atoms with Gasteiger partial charge >= 0.3 is 6.16 Å². The second kappa shape index (κ2) is 6.81. The van der Waals surface area contributed by atoms with Gasteiger partial charge in [-0.2, -0.15) is 0 Å². The largest absolute Gasteiger partial charge is 0.534 e. The summed E-state index contributed by atoms with van der Waals surface area (Å²) >= 11 is 0. The summed E-state index contributed by atoms with van der Waals surface area (Å²) in [6, 6.07) is 10.3. The van der Waals surface area contributed by atoms with Crippen LogP contribution in [0.4, 0.5) is 4.79 Å². The molecule has 6 nitrogen and oxygen atoms in total. The molecular weight excluding hydrogens is 298 g/mol. The third kappa shape index (κ3) is 3.70. The molecule has 1 aromatic rings. The lowest BCUT2D eigenvalue weighted by atomic mass is 9.83. The molecular formula is C17H19NO5. The predicted molar refractivity (Wildman–Crippen MR) is 80.1 cm³/mol. The highest BCUT2D eigenvalue weighted by Gasteiger charge is 2.34. The lowest BCUT2D eigenvalue weighted by Gasteiger charge is -2.28. The van der Waals surface area contributed by atoms with Gasteiger partial charge in [0, 0.05) is 12.8 Å². The van der Waals surface area contributed by atoms with E-state index in [4.69, 9.17) is 9.57 Å². The fraction of sp³-hybridized carbons (Fsp3) is 0.471. The normalized spacial score (nSPS) is 24.6. The first kappa shape index (κ1) is 15.5. The molecule has 2 aliphatic rings. The fourth-order valence-corrected chi connectivity index (χ4v) is 3.13. The van der Waals surface area contributed by atoms with Crippen LogP contribution >= 0.6 is 0 Å². The molecule has 0 atom stereocenters. The van der Waals surface area contributed by atoms with Crippen LogP contribution in [0.3, 0.4) is 0 Å². The van der Waals surface area contributed by atoms with Gasteiger partial charge in [0.2, 0.25) is 0 Å². The molecule has 122 valence electrons. The van der Waals surface area contributed by atoms with Gasteiger partial charge in [0.1, 0.15) is 6.10 Å². The van der Waals surface area contributed by atoms with Crippen LogP contribution in [0, 0.1) is 0 Å². The van der Waals surface area contributed by atoms with Crippen molar-refractivity contribution in [3.8, 4) is 0 Å². The lowest BCUT2D eigenvalue weighted by molar-refractivity contribution is -0.179. The molecule has 1 heterocycles. The summed E-state index contributed by atoms with van der Waals surface area (Å²) < 4.78 is 5.23. The van der Waals surface area contributed by atoms with Gasteiger partial charge < -0.3 is 4.74 Å². The molecule has 0 unspecified atom stereocenters. The number of imide groups is 1. The third-order valence-corrected chi connectivity index (χ3v) is 4.38. The van der Waals surface area contributed by atoms with Crippen LogP contribution in [-0.2, 0) is 19.2 Å². The zero-order valence-electron chi connectivity index (χ0n) is 12.8. The van der Waals surface area contributed by atoms with Crippen LogP contribution in [0.25, 0.3) is 0 Å². The molecule has 1 aliphatic heterocycles. The minimum Gasteiger partial charge on any atom is -0.429 e. The van der Waals surface area contributed by atoms with Crippen molar-refractivity contribution in [2.24, 2.45) is 0 Å². The van der Waals surface area contributed by atoms with E-state index >= 15 is 0 Å². The summed E-state index contributed by atoms with van der Waals surface area (Å²) in [6.07, 6.45) is 2.31. The zero-order chi connectivity index (χ0) is 16.2. The Morgan fingerprint density at radius 2 is 1.57 bits per heavy atom. The van der Waals surface area contributed by atoms with Crippen molar-refractivity contribution in [2.75, 3.05) is 0 Å². The quantitative estimate of drug-likeness (QED) is 0.633. The van der Waals surface area contributed by atoms with Gasteiger partial charge in [0.05, 0.1) is 0 Å². The Labute approximate surface area is 134 Å². The van der Waals surface area contributed by atoms with Crippen LogP contribution in [0.15, 0.2) is 30.3 Å². The van der Waals surface area contributed by atoms with E-state index in [1.54, 1.807) is 0 Å².